The largest absolute Gasteiger partial charge is 0.346 e. The molecule has 0 amide bonds. The Bertz CT molecular complexity index is 667. The van der Waals surface area contributed by atoms with Gasteiger partial charge in [-0.05, 0) is 24.3 Å². The molecule has 0 saturated carbocycles. The first kappa shape index (κ1) is 13.7. The Kier molecular flexibility index (Phi) is 4.14. The molecule has 0 bridgehead atoms. The lowest BCUT2D eigenvalue weighted by molar-refractivity contribution is 0.620. The van der Waals surface area contributed by atoms with Gasteiger partial charge in [-0.2, -0.15) is 0 Å². The summed E-state index contributed by atoms with van der Waals surface area (Å²) in [5.41, 5.74) is 2.31. The average Bonchev–Trinajstić information content (AvgIpc) is 2.47. The molecule has 20 heavy (non-hydrogen) atoms. The second-order valence-corrected chi connectivity index (χ2v) is 6.05. The molecule has 0 unspecified atom stereocenters. The molecule has 0 aliphatic carbocycles. The number of fused-ring (bicyclic) bond motifs is 1. The molecule has 1 aliphatic rings. The van der Waals surface area contributed by atoms with E-state index in [0.717, 1.165) is 35.8 Å². The number of thioether (sulfide) groups is 1. The van der Waals surface area contributed by atoms with Gasteiger partial charge in [0.25, 0.3) is 0 Å². The highest BCUT2D eigenvalue weighted by Gasteiger charge is 2.12. The molecule has 1 aliphatic heterocycles. The van der Waals surface area contributed by atoms with Crippen molar-refractivity contribution in [2.45, 2.75) is 23.6 Å². The lowest BCUT2D eigenvalue weighted by atomic mass is 10.1. The molecule has 0 saturated heterocycles. The lowest BCUT2D eigenvalue weighted by Crippen LogP contribution is -2.25. The third kappa shape index (κ3) is 3.08. The Hall–Kier alpha value is -1.24. The van der Waals surface area contributed by atoms with E-state index in [2.05, 4.69) is 15.3 Å². The predicted octanol–water partition coefficient (Wildman–Crippen LogP) is 3.22. The van der Waals surface area contributed by atoms with Gasteiger partial charge in [-0.25, -0.2) is 9.37 Å². The van der Waals surface area contributed by atoms with Gasteiger partial charge in [0.2, 0.25) is 0 Å². The van der Waals surface area contributed by atoms with Crippen molar-refractivity contribution in [3.05, 3.63) is 51.8 Å². The van der Waals surface area contributed by atoms with E-state index in [9.17, 15) is 4.39 Å². The number of rotatable bonds is 3. The van der Waals surface area contributed by atoms with E-state index in [-0.39, 0.29) is 5.82 Å². The van der Waals surface area contributed by atoms with Crippen molar-refractivity contribution in [2.24, 2.45) is 0 Å². The molecule has 6 heteroatoms. The molecule has 1 aromatic carbocycles. The second-order valence-electron chi connectivity index (χ2n) is 4.62. The van der Waals surface area contributed by atoms with Crippen LogP contribution in [-0.2, 0) is 18.7 Å². The van der Waals surface area contributed by atoms with Gasteiger partial charge in [0.1, 0.15) is 16.3 Å². The minimum absolute atomic E-state index is 0.215. The third-order valence-electron chi connectivity index (χ3n) is 3.20. The van der Waals surface area contributed by atoms with E-state index >= 15 is 0 Å². The fraction of sp³-hybridized carbons (Fsp3) is 0.286. The fourth-order valence-electron chi connectivity index (χ4n) is 2.17. The summed E-state index contributed by atoms with van der Waals surface area (Å²) in [5.74, 6) is 1.37. The summed E-state index contributed by atoms with van der Waals surface area (Å²) in [4.78, 5) is 8.84. The van der Waals surface area contributed by atoms with Crippen LogP contribution in [0.3, 0.4) is 0 Å². The summed E-state index contributed by atoms with van der Waals surface area (Å²) in [5, 5.41) is 3.30. The third-order valence-corrected chi connectivity index (χ3v) is 4.56. The van der Waals surface area contributed by atoms with Crippen LogP contribution in [0.1, 0.15) is 17.1 Å². The Balaban J connectivity index is 1.76. The Labute approximate surface area is 126 Å². The van der Waals surface area contributed by atoms with Gasteiger partial charge in [-0.15, -0.1) is 11.8 Å². The number of hydrogen-bond donors (Lipinski definition) is 2. The number of benzene rings is 1. The summed E-state index contributed by atoms with van der Waals surface area (Å²) in [6.45, 7) is 1.76. The molecule has 2 heterocycles. The van der Waals surface area contributed by atoms with Crippen molar-refractivity contribution in [3.8, 4) is 0 Å². The second kappa shape index (κ2) is 6.03. The number of aromatic amines is 1. The highest BCUT2D eigenvalue weighted by molar-refractivity contribution is 7.98. The standard InChI is InChI=1S/C14H14FN3S2/c15-9-1-3-10(4-2-9)20-8-13-17-12-5-6-16-7-11(12)14(19)18-13/h1-4,16H,5-8H2,(H,17,18,19). The summed E-state index contributed by atoms with van der Waals surface area (Å²) in [6.07, 6.45) is 0.954. The predicted molar refractivity (Wildman–Crippen MR) is 80.8 cm³/mol. The molecule has 3 nitrogen and oxygen atoms in total. The molecule has 104 valence electrons. The van der Waals surface area contributed by atoms with Crippen LogP contribution in [0.15, 0.2) is 29.2 Å². The minimum Gasteiger partial charge on any atom is -0.346 e. The molecular formula is C14H14FN3S2. The van der Waals surface area contributed by atoms with Crippen molar-refractivity contribution < 1.29 is 4.39 Å². The van der Waals surface area contributed by atoms with Crippen LogP contribution in [0.2, 0.25) is 0 Å². The maximum absolute atomic E-state index is 12.8. The summed E-state index contributed by atoms with van der Waals surface area (Å²) in [7, 11) is 0. The molecular weight excluding hydrogens is 293 g/mol. The molecule has 0 spiro atoms. The SMILES string of the molecule is Fc1ccc(SCc2nc(=S)c3c([nH]2)CCNC3)cc1. The first-order valence-electron chi connectivity index (χ1n) is 6.42. The molecule has 0 atom stereocenters. The van der Waals surface area contributed by atoms with Gasteiger partial charge in [-0.1, -0.05) is 12.2 Å². The molecule has 1 aromatic heterocycles. The average molecular weight is 307 g/mol. The van der Waals surface area contributed by atoms with E-state index < -0.39 is 0 Å². The van der Waals surface area contributed by atoms with Crippen LogP contribution in [0.25, 0.3) is 0 Å². The van der Waals surface area contributed by atoms with Crippen molar-refractivity contribution >= 4 is 24.0 Å². The number of nitrogens with one attached hydrogen (secondary N) is 2. The van der Waals surface area contributed by atoms with Crippen LogP contribution >= 0.6 is 24.0 Å². The highest BCUT2D eigenvalue weighted by Crippen LogP contribution is 2.22. The van der Waals surface area contributed by atoms with Crippen molar-refractivity contribution in [3.63, 3.8) is 0 Å². The van der Waals surface area contributed by atoms with Gasteiger partial charge in [-0.3, -0.25) is 0 Å². The van der Waals surface area contributed by atoms with Crippen molar-refractivity contribution in [2.75, 3.05) is 6.54 Å². The van der Waals surface area contributed by atoms with E-state index in [1.54, 1.807) is 23.9 Å². The Morgan fingerprint density at radius 1 is 1.30 bits per heavy atom. The number of nitrogens with zero attached hydrogens (tertiary/aromatic N) is 1. The van der Waals surface area contributed by atoms with Crippen LogP contribution < -0.4 is 5.32 Å². The first-order chi connectivity index (χ1) is 9.72. The fourth-order valence-corrected chi connectivity index (χ4v) is 3.24. The quantitative estimate of drug-likeness (QED) is 0.675. The van der Waals surface area contributed by atoms with Crippen LogP contribution in [-0.4, -0.2) is 16.5 Å². The molecule has 0 radical (unpaired) electrons. The van der Waals surface area contributed by atoms with Crippen LogP contribution in [0.4, 0.5) is 4.39 Å². The van der Waals surface area contributed by atoms with E-state index in [0.29, 0.717) is 10.4 Å². The van der Waals surface area contributed by atoms with Gasteiger partial charge in [0.05, 0.1) is 5.75 Å². The van der Waals surface area contributed by atoms with Crippen molar-refractivity contribution in [1.29, 1.82) is 0 Å². The number of hydrogen-bond acceptors (Lipinski definition) is 4. The summed E-state index contributed by atoms with van der Waals surface area (Å²) >= 11 is 6.96. The molecule has 2 N–H and O–H groups in total. The first-order valence-corrected chi connectivity index (χ1v) is 7.82. The monoisotopic (exact) mass is 307 g/mol. The summed E-state index contributed by atoms with van der Waals surface area (Å²) in [6, 6.07) is 6.49. The number of aromatic nitrogens is 2. The molecule has 2 aromatic rings. The van der Waals surface area contributed by atoms with E-state index in [1.165, 1.54) is 17.8 Å². The maximum Gasteiger partial charge on any atom is 0.134 e. The van der Waals surface area contributed by atoms with E-state index in [4.69, 9.17) is 12.2 Å². The number of H-pyrrole nitrogens is 1. The molecule has 3 rings (SSSR count). The normalized spacial score (nSPS) is 14.1. The zero-order valence-corrected chi connectivity index (χ0v) is 12.4. The van der Waals surface area contributed by atoms with Gasteiger partial charge in [0.15, 0.2) is 0 Å². The highest BCUT2D eigenvalue weighted by atomic mass is 32.2. The van der Waals surface area contributed by atoms with Crippen molar-refractivity contribution in [1.82, 2.24) is 15.3 Å². The van der Waals surface area contributed by atoms with Gasteiger partial charge < -0.3 is 10.3 Å². The lowest BCUT2D eigenvalue weighted by Gasteiger charge is -2.17. The van der Waals surface area contributed by atoms with Gasteiger partial charge >= 0.3 is 0 Å². The Morgan fingerprint density at radius 2 is 2.10 bits per heavy atom. The zero-order valence-electron chi connectivity index (χ0n) is 10.8. The maximum atomic E-state index is 12.8. The van der Waals surface area contributed by atoms with Crippen LogP contribution in [0.5, 0.6) is 0 Å². The minimum atomic E-state index is -0.215. The smallest absolute Gasteiger partial charge is 0.134 e. The number of halogens is 1. The van der Waals surface area contributed by atoms with Crippen LogP contribution in [0, 0.1) is 10.5 Å². The zero-order chi connectivity index (χ0) is 13.9. The Morgan fingerprint density at radius 3 is 2.90 bits per heavy atom. The molecule has 0 fully saturated rings. The topological polar surface area (TPSA) is 40.7 Å². The van der Waals surface area contributed by atoms with E-state index in [1.807, 2.05) is 0 Å². The van der Waals surface area contributed by atoms with Gasteiger partial charge in [0, 0.05) is 35.7 Å². The summed E-state index contributed by atoms with van der Waals surface area (Å²) < 4.78 is 13.5.